The summed E-state index contributed by atoms with van der Waals surface area (Å²) in [6.45, 7) is 11.8. The number of aliphatic hydroxyl groups is 1. The van der Waals surface area contributed by atoms with E-state index in [-0.39, 0.29) is 6.61 Å². The molecule has 0 bridgehead atoms. The van der Waals surface area contributed by atoms with Gasteiger partial charge in [-0.15, -0.1) is 0 Å². The van der Waals surface area contributed by atoms with Crippen LogP contribution in [0.1, 0.15) is 42.8 Å². The smallest absolute Gasteiger partial charge is 0.0628 e. The Labute approximate surface area is 163 Å². The molecule has 0 unspecified atom stereocenters. The first-order valence-electron chi connectivity index (χ1n) is 10.2. The minimum Gasteiger partial charge on any atom is -0.396 e. The number of benzene rings is 1. The molecule has 1 saturated heterocycles. The predicted molar refractivity (Wildman–Crippen MR) is 109 cm³/mol. The maximum atomic E-state index is 9.56. The van der Waals surface area contributed by atoms with Gasteiger partial charge < -0.3 is 5.11 Å². The molecule has 0 saturated carbocycles. The molecule has 0 aliphatic carbocycles. The number of rotatable bonds is 8. The maximum absolute atomic E-state index is 9.56. The van der Waals surface area contributed by atoms with E-state index in [0.29, 0.717) is 12.0 Å². The Morgan fingerprint density at radius 1 is 1.22 bits per heavy atom. The van der Waals surface area contributed by atoms with Gasteiger partial charge in [0.05, 0.1) is 5.69 Å². The molecule has 2 aromatic rings. The highest BCUT2D eigenvalue weighted by Crippen LogP contribution is 2.20. The number of hydrogen-bond acceptors (Lipinski definition) is 4. The molecule has 1 aliphatic heterocycles. The molecule has 1 aliphatic rings. The van der Waals surface area contributed by atoms with E-state index in [0.717, 1.165) is 51.3 Å². The third-order valence-electron chi connectivity index (χ3n) is 5.48. The summed E-state index contributed by atoms with van der Waals surface area (Å²) in [6.07, 6.45) is 1.85. The molecule has 2 N–H and O–H groups in total. The first-order valence-corrected chi connectivity index (χ1v) is 10.2. The lowest BCUT2D eigenvalue weighted by Gasteiger charge is -2.41. The van der Waals surface area contributed by atoms with Gasteiger partial charge in [-0.3, -0.25) is 14.9 Å². The first-order chi connectivity index (χ1) is 13.0. The summed E-state index contributed by atoms with van der Waals surface area (Å²) in [6, 6.07) is 11.2. The van der Waals surface area contributed by atoms with Gasteiger partial charge in [0.1, 0.15) is 0 Å². The highest BCUT2D eigenvalue weighted by atomic mass is 16.3. The highest BCUT2D eigenvalue weighted by Gasteiger charge is 2.27. The van der Waals surface area contributed by atoms with E-state index in [9.17, 15) is 5.11 Å². The van der Waals surface area contributed by atoms with Crippen molar-refractivity contribution in [1.29, 1.82) is 0 Å². The fourth-order valence-electron chi connectivity index (χ4n) is 3.99. The molecular weight excluding hydrogens is 336 g/mol. The van der Waals surface area contributed by atoms with E-state index in [4.69, 9.17) is 0 Å². The predicted octanol–water partition coefficient (Wildman–Crippen LogP) is 2.99. The second-order valence-corrected chi connectivity index (χ2v) is 8.28. The second kappa shape index (κ2) is 9.49. The van der Waals surface area contributed by atoms with E-state index >= 15 is 0 Å². The van der Waals surface area contributed by atoms with E-state index in [2.05, 4.69) is 71.1 Å². The summed E-state index contributed by atoms with van der Waals surface area (Å²) in [5.74, 6) is 0.625. The molecular formula is C22H34N4O. The molecule has 1 aromatic carbocycles. The Hall–Kier alpha value is -1.69. The number of hydrogen-bond donors (Lipinski definition) is 2. The van der Waals surface area contributed by atoms with Crippen molar-refractivity contribution in [2.45, 2.75) is 52.7 Å². The number of aliphatic hydroxyl groups excluding tert-OH is 1. The van der Waals surface area contributed by atoms with Gasteiger partial charge in [0.15, 0.2) is 0 Å². The molecule has 0 amide bonds. The molecule has 148 valence electrons. The minimum absolute atomic E-state index is 0.241. The number of aryl methyl sites for hydroxylation is 1. The zero-order chi connectivity index (χ0) is 19.2. The van der Waals surface area contributed by atoms with Gasteiger partial charge in [-0.2, -0.15) is 5.10 Å². The molecule has 1 fully saturated rings. The summed E-state index contributed by atoms with van der Waals surface area (Å²) >= 11 is 0. The molecule has 27 heavy (non-hydrogen) atoms. The number of aromatic nitrogens is 2. The fourth-order valence-corrected chi connectivity index (χ4v) is 3.99. The van der Waals surface area contributed by atoms with Crippen LogP contribution < -0.4 is 0 Å². The SMILES string of the molecule is Cc1ccccc1CN1CCN(Cc2cc(CC(C)C)n[nH]2)C[C@H]1CCO. The van der Waals surface area contributed by atoms with Gasteiger partial charge in [-0.1, -0.05) is 38.1 Å². The van der Waals surface area contributed by atoms with Crippen LogP contribution in [0.15, 0.2) is 30.3 Å². The average Bonchev–Trinajstić information content (AvgIpc) is 3.05. The summed E-state index contributed by atoms with van der Waals surface area (Å²) < 4.78 is 0. The van der Waals surface area contributed by atoms with Crippen molar-refractivity contribution in [2.24, 2.45) is 5.92 Å². The number of nitrogens with one attached hydrogen (secondary N) is 1. The van der Waals surface area contributed by atoms with Crippen molar-refractivity contribution >= 4 is 0 Å². The molecule has 1 aromatic heterocycles. The van der Waals surface area contributed by atoms with Crippen molar-refractivity contribution in [3.63, 3.8) is 0 Å². The topological polar surface area (TPSA) is 55.4 Å². The van der Waals surface area contributed by atoms with Crippen molar-refractivity contribution in [3.8, 4) is 0 Å². The van der Waals surface area contributed by atoms with E-state index in [1.54, 1.807) is 0 Å². The first kappa shape index (κ1) is 20.1. The Kier molecular flexibility index (Phi) is 7.05. The van der Waals surface area contributed by atoms with Crippen LogP contribution in [0.4, 0.5) is 0 Å². The van der Waals surface area contributed by atoms with Crippen molar-refractivity contribution in [3.05, 3.63) is 52.8 Å². The Balaban J connectivity index is 1.60. The van der Waals surface area contributed by atoms with E-state index in [1.165, 1.54) is 16.8 Å². The van der Waals surface area contributed by atoms with Gasteiger partial charge >= 0.3 is 0 Å². The van der Waals surface area contributed by atoms with Crippen LogP contribution in [0, 0.1) is 12.8 Å². The van der Waals surface area contributed by atoms with Gasteiger partial charge in [0, 0.05) is 51.1 Å². The lowest BCUT2D eigenvalue weighted by atomic mass is 10.0. The molecule has 2 heterocycles. The van der Waals surface area contributed by atoms with Gasteiger partial charge in [0.25, 0.3) is 0 Å². The Bertz CT molecular complexity index is 712. The van der Waals surface area contributed by atoms with Gasteiger partial charge in [-0.05, 0) is 42.9 Å². The Morgan fingerprint density at radius 3 is 2.78 bits per heavy atom. The lowest BCUT2D eigenvalue weighted by Crippen LogP contribution is -2.52. The van der Waals surface area contributed by atoms with Crippen LogP contribution in [-0.2, 0) is 19.5 Å². The summed E-state index contributed by atoms with van der Waals surface area (Å²) in [7, 11) is 0. The molecule has 3 rings (SSSR count). The van der Waals surface area contributed by atoms with Crippen molar-refractivity contribution < 1.29 is 5.11 Å². The zero-order valence-corrected chi connectivity index (χ0v) is 17.0. The molecule has 5 heteroatoms. The van der Waals surface area contributed by atoms with Crippen LogP contribution in [-0.4, -0.2) is 57.4 Å². The summed E-state index contributed by atoms with van der Waals surface area (Å²) in [4.78, 5) is 5.02. The quantitative estimate of drug-likeness (QED) is 0.750. The third kappa shape index (κ3) is 5.64. The number of H-pyrrole nitrogens is 1. The molecule has 0 radical (unpaired) electrons. The van der Waals surface area contributed by atoms with E-state index in [1.807, 2.05) is 0 Å². The molecule has 5 nitrogen and oxygen atoms in total. The van der Waals surface area contributed by atoms with Crippen molar-refractivity contribution in [1.82, 2.24) is 20.0 Å². The number of nitrogens with zero attached hydrogens (tertiary/aromatic N) is 3. The molecule has 1 atom stereocenters. The minimum atomic E-state index is 0.241. The second-order valence-electron chi connectivity index (χ2n) is 8.28. The maximum Gasteiger partial charge on any atom is 0.0628 e. The standard InChI is InChI=1S/C22H34N4O/c1-17(2)12-20-13-21(24-23-20)15-25-9-10-26(22(16-25)8-11-27)14-19-7-5-4-6-18(19)3/h4-7,13,17,22,27H,8-12,14-16H2,1-3H3,(H,23,24)/t22-/m1/s1. The van der Waals surface area contributed by atoms with Crippen LogP contribution in [0.3, 0.4) is 0 Å². The van der Waals surface area contributed by atoms with E-state index < -0.39 is 0 Å². The zero-order valence-electron chi connectivity index (χ0n) is 17.0. The fraction of sp³-hybridized carbons (Fsp3) is 0.591. The van der Waals surface area contributed by atoms with Gasteiger partial charge in [-0.25, -0.2) is 0 Å². The van der Waals surface area contributed by atoms with Crippen molar-refractivity contribution in [2.75, 3.05) is 26.2 Å². The monoisotopic (exact) mass is 370 g/mol. The van der Waals surface area contributed by atoms with Crippen LogP contribution in [0.25, 0.3) is 0 Å². The third-order valence-corrected chi connectivity index (χ3v) is 5.48. The number of aromatic amines is 1. The van der Waals surface area contributed by atoms with Crippen LogP contribution in [0.5, 0.6) is 0 Å². The lowest BCUT2D eigenvalue weighted by molar-refractivity contribution is 0.0493. The average molecular weight is 371 g/mol. The molecule has 0 spiro atoms. The largest absolute Gasteiger partial charge is 0.396 e. The normalized spacial score (nSPS) is 19.1. The van der Waals surface area contributed by atoms with Crippen LogP contribution >= 0.6 is 0 Å². The van der Waals surface area contributed by atoms with Gasteiger partial charge in [0.2, 0.25) is 0 Å². The number of piperazine rings is 1. The van der Waals surface area contributed by atoms with Crippen LogP contribution in [0.2, 0.25) is 0 Å². The highest BCUT2D eigenvalue weighted by molar-refractivity contribution is 5.25. The summed E-state index contributed by atoms with van der Waals surface area (Å²) in [5.41, 5.74) is 5.09. The summed E-state index contributed by atoms with van der Waals surface area (Å²) in [5, 5.41) is 17.2. The Morgan fingerprint density at radius 2 is 2.04 bits per heavy atom.